The van der Waals surface area contributed by atoms with Crippen molar-refractivity contribution >= 4 is 11.8 Å². The number of fused-ring (bicyclic) bond motifs is 1. The van der Waals surface area contributed by atoms with Crippen LogP contribution >= 0.6 is 0 Å². The van der Waals surface area contributed by atoms with Crippen molar-refractivity contribution in [3.8, 4) is 0 Å². The predicted octanol–water partition coefficient (Wildman–Crippen LogP) is 4.70. The Balaban J connectivity index is 2.39. The maximum Gasteiger partial charge on any atom is 0.439 e. The molecule has 1 N–H and O–H groups in total. The minimum atomic E-state index is -5.04. The number of amides is 1. The predicted molar refractivity (Wildman–Crippen MR) is 91.4 cm³/mol. The van der Waals surface area contributed by atoms with Gasteiger partial charge in [-0.15, -0.1) is 0 Å². The molecule has 0 spiro atoms. The summed E-state index contributed by atoms with van der Waals surface area (Å²) in [6.07, 6.45) is -4.36. The molecule has 1 amide bonds. The highest BCUT2D eigenvalue weighted by Gasteiger charge is 2.70. The average molecular weight is 378 g/mol. The second-order valence-corrected chi connectivity index (χ2v) is 8.97. The molecule has 0 radical (unpaired) electrons. The van der Waals surface area contributed by atoms with E-state index in [2.05, 4.69) is 5.10 Å². The maximum absolute atomic E-state index is 13.9. The fraction of sp³-hybridized carbons (Fsp3) is 0.889. The van der Waals surface area contributed by atoms with E-state index in [0.717, 1.165) is 6.42 Å². The first-order valence-electron chi connectivity index (χ1n) is 9.03. The van der Waals surface area contributed by atoms with Gasteiger partial charge < -0.3 is 9.84 Å². The molecule has 0 aromatic heterocycles. The summed E-state index contributed by atoms with van der Waals surface area (Å²) in [6.45, 7) is 10.7. The number of aliphatic hydroxyl groups is 1. The number of ether oxygens (including phenoxy) is 1. The van der Waals surface area contributed by atoms with Crippen molar-refractivity contribution in [1.82, 2.24) is 5.01 Å². The number of hydrazone groups is 1. The van der Waals surface area contributed by atoms with Crippen LogP contribution in [0.2, 0.25) is 0 Å². The molecule has 1 aliphatic heterocycles. The Morgan fingerprint density at radius 2 is 1.88 bits per heavy atom. The highest BCUT2D eigenvalue weighted by molar-refractivity contribution is 5.92. The van der Waals surface area contributed by atoms with Gasteiger partial charge in [0.25, 0.3) is 5.72 Å². The van der Waals surface area contributed by atoms with Crippen LogP contribution in [0.25, 0.3) is 0 Å². The van der Waals surface area contributed by atoms with Crippen LogP contribution in [-0.4, -0.2) is 39.4 Å². The first kappa shape index (κ1) is 21.0. The lowest BCUT2D eigenvalue weighted by molar-refractivity contribution is -0.317. The highest BCUT2D eigenvalue weighted by atomic mass is 19.4. The van der Waals surface area contributed by atoms with Gasteiger partial charge >= 0.3 is 12.3 Å². The average Bonchev–Trinajstić information content (AvgIpc) is 2.79. The molecular weight excluding hydrogens is 349 g/mol. The summed E-state index contributed by atoms with van der Waals surface area (Å²) in [5.41, 5.74) is -4.30. The van der Waals surface area contributed by atoms with Gasteiger partial charge in [0, 0.05) is 5.71 Å². The Bertz CT molecular complexity index is 595. The van der Waals surface area contributed by atoms with E-state index in [-0.39, 0.29) is 28.5 Å². The largest absolute Gasteiger partial charge is 0.442 e. The molecule has 3 atom stereocenters. The van der Waals surface area contributed by atoms with Crippen molar-refractivity contribution in [2.75, 3.05) is 0 Å². The second-order valence-electron chi connectivity index (χ2n) is 8.97. The third-order valence-corrected chi connectivity index (χ3v) is 5.71. The van der Waals surface area contributed by atoms with Crippen LogP contribution in [-0.2, 0) is 4.74 Å². The maximum atomic E-state index is 13.9. The lowest BCUT2D eigenvalue weighted by Gasteiger charge is -2.43. The topological polar surface area (TPSA) is 62.1 Å². The third-order valence-electron chi connectivity index (χ3n) is 5.71. The van der Waals surface area contributed by atoms with Gasteiger partial charge in [-0.25, -0.2) is 4.79 Å². The molecule has 1 heterocycles. The molecule has 2 rings (SSSR count). The van der Waals surface area contributed by atoms with Gasteiger partial charge in [-0.1, -0.05) is 27.2 Å². The van der Waals surface area contributed by atoms with E-state index in [0.29, 0.717) is 12.8 Å². The van der Waals surface area contributed by atoms with Crippen molar-refractivity contribution in [3.63, 3.8) is 0 Å². The third kappa shape index (κ3) is 3.57. The number of halogens is 3. The van der Waals surface area contributed by atoms with Crippen molar-refractivity contribution < 1.29 is 27.8 Å². The van der Waals surface area contributed by atoms with Crippen molar-refractivity contribution in [2.24, 2.45) is 22.4 Å². The Morgan fingerprint density at radius 3 is 2.35 bits per heavy atom. The number of hydrogen-bond acceptors (Lipinski definition) is 4. The number of carbonyl (C=O) groups is 1. The molecule has 0 aromatic rings. The first-order valence-corrected chi connectivity index (χ1v) is 9.03. The molecular formula is C18H29F3N2O3. The zero-order valence-electron chi connectivity index (χ0n) is 16.3. The number of alkyl halides is 3. The van der Waals surface area contributed by atoms with Crippen LogP contribution in [0.1, 0.15) is 67.2 Å². The molecule has 1 aliphatic carbocycles. The second kappa shape index (κ2) is 6.39. The quantitative estimate of drug-likeness (QED) is 0.758. The molecule has 5 nitrogen and oxygen atoms in total. The van der Waals surface area contributed by atoms with E-state index in [1.54, 1.807) is 20.8 Å². The number of hydrogen-bond donors (Lipinski definition) is 1. The van der Waals surface area contributed by atoms with Crippen LogP contribution in [0.15, 0.2) is 5.10 Å². The Labute approximate surface area is 152 Å². The number of rotatable bonds is 2. The van der Waals surface area contributed by atoms with Crippen LogP contribution in [0, 0.1) is 17.3 Å². The summed E-state index contributed by atoms with van der Waals surface area (Å²) in [4.78, 5) is 12.3. The van der Waals surface area contributed by atoms with E-state index >= 15 is 0 Å². The molecule has 0 bridgehead atoms. The number of nitrogens with zero attached hydrogens (tertiary/aromatic N) is 2. The van der Waals surface area contributed by atoms with Gasteiger partial charge in [-0.2, -0.15) is 23.3 Å². The lowest BCUT2D eigenvalue weighted by Crippen LogP contribution is -2.62. The summed E-state index contributed by atoms with van der Waals surface area (Å²) < 4.78 is 46.7. The zero-order valence-corrected chi connectivity index (χ0v) is 16.3. The van der Waals surface area contributed by atoms with Gasteiger partial charge in [-0.05, 0) is 51.4 Å². The molecule has 0 saturated heterocycles. The number of carbonyl (C=O) groups excluding carboxylic acids is 1. The summed E-state index contributed by atoms with van der Waals surface area (Å²) in [5, 5.41) is 14.7. The minimum Gasteiger partial charge on any atom is -0.442 e. The van der Waals surface area contributed by atoms with Crippen LogP contribution in [0.3, 0.4) is 0 Å². The smallest absolute Gasteiger partial charge is 0.439 e. The Hall–Kier alpha value is -1.31. The highest BCUT2D eigenvalue weighted by Crippen LogP contribution is 2.52. The zero-order chi connectivity index (χ0) is 20.1. The van der Waals surface area contributed by atoms with E-state index in [4.69, 9.17) is 4.74 Å². The van der Waals surface area contributed by atoms with Crippen molar-refractivity contribution in [2.45, 2.75) is 84.7 Å². The van der Waals surface area contributed by atoms with E-state index in [1.165, 1.54) is 0 Å². The summed E-state index contributed by atoms with van der Waals surface area (Å²) >= 11 is 0. The molecule has 8 heteroatoms. The standard InChI is InChI=1S/C18H29F3N2O3/c1-7-16(5,6)11-8-9-13-12(10-11)17(25,18(19,20)21)23(22-13)14(24)26-15(2,3)4/h11-12,25H,7-10H2,1-6H3/t11-,12+,17-/m1/s1. The van der Waals surface area contributed by atoms with Crippen molar-refractivity contribution in [1.29, 1.82) is 0 Å². The first-order chi connectivity index (χ1) is 11.6. The van der Waals surface area contributed by atoms with Gasteiger partial charge in [0.15, 0.2) is 0 Å². The fourth-order valence-electron chi connectivity index (χ4n) is 3.70. The Kier molecular flexibility index (Phi) is 5.16. The molecule has 0 unspecified atom stereocenters. The SMILES string of the molecule is CCC(C)(C)[C@@H]1CCC2=NN(C(=O)OC(C)(C)C)[C@](O)(C(F)(F)F)[C@H]2C1. The van der Waals surface area contributed by atoms with E-state index in [1.807, 2.05) is 20.8 Å². The van der Waals surface area contributed by atoms with Gasteiger partial charge in [-0.3, -0.25) is 0 Å². The molecule has 0 aromatic carbocycles. The monoisotopic (exact) mass is 378 g/mol. The normalized spacial score (nSPS) is 30.1. The summed E-state index contributed by atoms with van der Waals surface area (Å²) in [7, 11) is 0. The van der Waals surface area contributed by atoms with Gasteiger partial charge in [0.05, 0.1) is 5.92 Å². The lowest BCUT2D eigenvalue weighted by atomic mass is 9.64. The van der Waals surface area contributed by atoms with Gasteiger partial charge in [0.2, 0.25) is 0 Å². The van der Waals surface area contributed by atoms with Crippen LogP contribution < -0.4 is 0 Å². The van der Waals surface area contributed by atoms with Crippen LogP contribution in [0.5, 0.6) is 0 Å². The van der Waals surface area contributed by atoms with Crippen molar-refractivity contribution in [3.05, 3.63) is 0 Å². The fourth-order valence-corrected chi connectivity index (χ4v) is 3.70. The minimum absolute atomic E-state index is 0.00362. The molecule has 26 heavy (non-hydrogen) atoms. The molecule has 1 fully saturated rings. The van der Waals surface area contributed by atoms with Crippen LogP contribution in [0.4, 0.5) is 18.0 Å². The van der Waals surface area contributed by atoms with E-state index in [9.17, 15) is 23.1 Å². The van der Waals surface area contributed by atoms with Gasteiger partial charge in [0.1, 0.15) is 5.60 Å². The Morgan fingerprint density at radius 1 is 1.31 bits per heavy atom. The molecule has 150 valence electrons. The molecule has 2 aliphatic rings. The van der Waals surface area contributed by atoms with E-state index < -0.39 is 29.5 Å². The summed E-state index contributed by atoms with van der Waals surface area (Å²) in [6, 6.07) is 0. The summed E-state index contributed by atoms with van der Waals surface area (Å²) in [5.74, 6) is -1.26. The molecule has 1 saturated carbocycles.